The van der Waals surface area contributed by atoms with E-state index in [1.54, 1.807) is 18.2 Å². The fourth-order valence-electron chi connectivity index (χ4n) is 1.20. The summed E-state index contributed by atoms with van der Waals surface area (Å²) in [6.07, 6.45) is 2.16. The highest BCUT2D eigenvalue weighted by atomic mass is 16.6. The highest BCUT2D eigenvalue weighted by molar-refractivity contribution is 5.50. The average Bonchev–Trinajstić information content (AvgIpc) is 2.25. The Hall–Kier alpha value is -1.72. The third-order valence-corrected chi connectivity index (χ3v) is 1.96. The standard InChI is InChI=1S/C10H11NO4/c12-6-9-2-1-8(3-4-11(14)15)5-10(9)7-13/h1-5,12-13H,6-7H2/b4-3+. The van der Waals surface area contributed by atoms with Crippen molar-refractivity contribution >= 4 is 6.08 Å². The van der Waals surface area contributed by atoms with Gasteiger partial charge < -0.3 is 10.2 Å². The van der Waals surface area contributed by atoms with Crippen LogP contribution in [0.2, 0.25) is 0 Å². The maximum atomic E-state index is 10.1. The minimum atomic E-state index is -0.557. The van der Waals surface area contributed by atoms with Gasteiger partial charge in [-0.05, 0) is 22.8 Å². The van der Waals surface area contributed by atoms with Crippen molar-refractivity contribution in [3.63, 3.8) is 0 Å². The van der Waals surface area contributed by atoms with Gasteiger partial charge in [0.25, 0.3) is 0 Å². The van der Waals surface area contributed by atoms with Crippen molar-refractivity contribution in [3.8, 4) is 0 Å². The summed E-state index contributed by atoms with van der Waals surface area (Å²) in [6, 6.07) is 4.88. The van der Waals surface area contributed by atoms with Gasteiger partial charge in [0.2, 0.25) is 6.20 Å². The number of hydrogen-bond acceptors (Lipinski definition) is 4. The minimum absolute atomic E-state index is 0.158. The van der Waals surface area contributed by atoms with Crippen molar-refractivity contribution in [2.75, 3.05) is 0 Å². The number of aliphatic hydroxyl groups is 2. The van der Waals surface area contributed by atoms with Gasteiger partial charge in [-0.3, -0.25) is 10.1 Å². The van der Waals surface area contributed by atoms with E-state index in [1.807, 2.05) is 0 Å². The first-order chi connectivity index (χ1) is 7.17. The molecular weight excluding hydrogens is 198 g/mol. The van der Waals surface area contributed by atoms with Crippen LogP contribution >= 0.6 is 0 Å². The van der Waals surface area contributed by atoms with E-state index in [4.69, 9.17) is 10.2 Å². The van der Waals surface area contributed by atoms with Gasteiger partial charge in [-0.25, -0.2) is 0 Å². The van der Waals surface area contributed by atoms with Crippen molar-refractivity contribution in [2.24, 2.45) is 0 Å². The summed E-state index contributed by atoms with van der Waals surface area (Å²) < 4.78 is 0. The summed E-state index contributed by atoms with van der Waals surface area (Å²) in [4.78, 5) is 9.52. The van der Waals surface area contributed by atoms with E-state index in [0.29, 0.717) is 16.7 Å². The van der Waals surface area contributed by atoms with Gasteiger partial charge in [-0.2, -0.15) is 0 Å². The normalized spacial score (nSPS) is 10.8. The zero-order valence-electron chi connectivity index (χ0n) is 7.96. The molecule has 0 aliphatic carbocycles. The fourth-order valence-corrected chi connectivity index (χ4v) is 1.20. The zero-order valence-corrected chi connectivity index (χ0v) is 7.96. The molecule has 0 heterocycles. The van der Waals surface area contributed by atoms with Crippen LogP contribution in [0, 0.1) is 10.1 Å². The van der Waals surface area contributed by atoms with Crippen LogP contribution in [-0.2, 0) is 13.2 Å². The van der Waals surface area contributed by atoms with E-state index in [9.17, 15) is 10.1 Å². The molecule has 0 aliphatic heterocycles. The Balaban J connectivity index is 2.97. The second kappa shape index (κ2) is 5.23. The first-order valence-electron chi connectivity index (χ1n) is 4.32. The predicted molar refractivity (Wildman–Crippen MR) is 54.3 cm³/mol. The van der Waals surface area contributed by atoms with Crippen LogP contribution in [0.3, 0.4) is 0 Å². The third-order valence-electron chi connectivity index (χ3n) is 1.96. The molecule has 2 N–H and O–H groups in total. The number of nitro groups is 1. The van der Waals surface area contributed by atoms with Gasteiger partial charge in [-0.15, -0.1) is 0 Å². The summed E-state index contributed by atoms with van der Waals surface area (Å²) in [6.45, 7) is -0.356. The first-order valence-corrected chi connectivity index (χ1v) is 4.32. The Kier molecular flexibility index (Phi) is 3.96. The van der Waals surface area contributed by atoms with Crippen molar-refractivity contribution in [1.82, 2.24) is 0 Å². The molecule has 1 rings (SSSR count). The summed E-state index contributed by atoms with van der Waals surface area (Å²) in [5.41, 5.74) is 1.81. The number of nitrogens with zero attached hydrogens (tertiary/aromatic N) is 1. The molecule has 0 aliphatic rings. The molecule has 0 amide bonds. The van der Waals surface area contributed by atoms with Crippen LogP contribution in [-0.4, -0.2) is 15.1 Å². The summed E-state index contributed by atoms with van der Waals surface area (Å²) in [5, 5.41) is 28.0. The molecule has 0 radical (unpaired) electrons. The average molecular weight is 209 g/mol. The van der Waals surface area contributed by atoms with Gasteiger partial charge in [0.05, 0.1) is 18.1 Å². The van der Waals surface area contributed by atoms with Gasteiger partial charge in [-0.1, -0.05) is 12.1 Å². The molecule has 15 heavy (non-hydrogen) atoms. The van der Waals surface area contributed by atoms with Gasteiger partial charge in [0, 0.05) is 6.08 Å². The Morgan fingerprint density at radius 2 is 1.93 bits per heavy atom. The highest BCUT2D eigenvalue weighted by Crippen LogP contribution is 2.13. The van der Waals surface area contributed by atoms with Gasteiger partial charge in [0.15, 0.2) is 0 Å². The Labute approximate surface area is 86.4 Å². The molecule has 0 fully saturated rings. The highest BCUT2D eigenvalue weighted by Gasteiger charge is 2.01. The second-order valence-electron chi connectivity index (χ2n) is 2.95. The molecule has 0 saturated heterocycles. The molecule has 1 aromatic rings. The van der Waals surface area contributed by atoms with Crippen LogP contribution < -0.4 is 0 Å². The molecule has 1 aromatic carbocycles. The third kappa shape index (κ3) is 3.16. The lowest BCUT2D eigenvalue weighted by molar-refractivity contribution is -0.400. The molecule has 0 spiro atoms. The maximum absolute atomic E-state index is 10.1. The smallest absolute Gasteiger partial charge is 0.235 e. The number of benzene rings is 1. The predicted octanol–water partition coefficient (Wildman–Crippen LogP) is 0.919. The fraction of sp³-hybridized carbons (Fsp3) is 0.200. The van der Waals surface area contributed by atoms with E-state index in [0.717, 1.165) is 6.20 Å². The van der Waals surface area contributed by atoms with Crippen molar-refractivity contribution in [2.45, 2.75) is 13.2 Å². The molecule has 80 valence electrons. The van der Waals surface area contributed by atoms with E-state index in [2.05, 4.69) is 0 Å². The summed E-state index contributed by atoms with van der Waals surface area (Å²) in [7, 11) is 0. The van der Waals surface area contributed by atoms with Crippen molar-refractivity contribution in [3.05, 3.63) is 51.2 Å². The molecule has 0 bridgehead atoms. The molecule has 0 unspecified atom stereocenters. The van der Waals surface area contributed by atoms with Gasteiger partial charge in [0.1, 0.15) is 0 Å². The van der Waals surface area contributed by atoms with Gasteiger partial charge >= 0.3 is 0 Å². The van der Waals surface area contributed by atoms with E-state index < -0.39 is 4.92 Å². The number of rotatable bonds is 4. The molecule has 5 nitrogen and oxygen atoms in total. The van der Waals surface area contributed by atoms with E-state index >= 15 is 0 Å². The monoisotopic (exact) mass is 209 g/mol. The molecular formula is C10H11NO4. The Morgan fingerprint density at radius 1 is 1.27 bits per heavy atom. The maximum Gasteiger partial charge on any atom is 0.235 e. The van der Waals surface area contributed by atoms with Crippen molar-refractivity contribution in [1.29, 1.82) is 0 Å². The Morgan fingerprint density at radius 3 is 2.47 bits per heavy atom. The zero-order chi connectivity index (χ0) is 11.3. The Bertz CT molecular complexity index is 387. The molecule has 0 saturated carbocycles. The second-order valence-corrected chi connectivity index (χ2v) is 2.95. The van der Waals surface area contributed by atoms with Crippen LogP contribution in [0.4, 0.5) is 0 Å². The van der Waals surface area contributed by atoms with Crippen LogP contribution in [0.25, 0.3) is 6.08 Å². The first kappa shape index (κ1) is 11.4. The molecule has 0 aromatic heterocycles. The van der Waals surface area contributed by atoms with Crippen LogP contribution in [0.1, 0.15) is 16.7 Å². The molecule has 5 heteroatoms. The van der Waals surface area contributed by atoms with Crippen LogP contribution in [0.15, 0.2) is 24.4 Å². The molecule has 0 atom stereocenters. The number of hydrogen-bond donors (Lipinski definition) is 2. The quantitative estimate of drug-likeness (QED) is 0.570. The lowest BCUT2D eigenvalue weighted by atomic mass is 10.0. The number of aliphatic hydroxyl groups excluding tert-OH is 2. The summed E-state index contributed by atoms with van der Waals surface area (Å²) in [5.74, 6) is 0. The minimum Gasteiger partial charge on any atom is -0.392 e. The SMILES string of the molecule is O=[N+]([O-])/C=C/c1ccc(CO)c(CO)c1. The van der Waals surface area contributed by atoms with E-state index in [1.165, 1.54) is 6.08 Å². The van der Waals surface area contributed by atoms with Crippen molar-refractivity contribution < 1.29 is 15.1 Å². The summed E-state index contributed by atoms with van der Waals surface area (Å²) >= 11 is 0. The lowest BCUT2D eigenvalue weighted by Crippen LogP contribution is -1.94. The topological polar surface area (TPSA) is 83.6 Å². The van der Waals surface area contributed by atoms with E-state index in [-0.39, 0.29) is 13.2 Å². The van der Waals surface area contributed by atoms with Crippen LogP contribution in [0.5, 0.6) is 0 Å². The largest absolute Gasteiger partial charge is 0.392 e. The lowest BCUT2D eigenvalue weighted by Gasteiger charge is -2.04.